The number of hydrogen-bond acceptors (Lipinski definition) is 8. The summed E-state index contributed by atoms with van der Waals surface area (Å²) >= 11 is 0. The molecule has 0 bridgehead atoms. The third kappa shape index (κ3) is 4.72. The molecule has 0 spiro atoms. The number of nitrogens with zero attached hydrogens (tertiary/aromatic N) is 8. The molecule has 4 aromatic heterocycles. The van der Waals surface area contributed by atoms with Gasteiger partial charge in [-0.25, -0.2) is 13.6 Å². The summed E-state index contributed by atoms with van der Waals surface area (Å²) in [4.78, 5) is 5.90. The predicted octanol–water partition coefficient (Wildman–Crippen LogP) is 4.23. The first-order chi connectivity index (χ1) is 19.1. The predicted molar refractivity (Wildman–Crippen MR) is 141 cm³/mol. The van der Waals surface area contributed by atoms with Crippen LogP contribution in [0.4, 0.5) is 4.39 Å². The SMILES string of the molecule is Cc1c(-c2cc(O[C@H](CO)c3ccc(F)cn3)c3c(C4=CCCC4)cnn3c2)nnn1C1CCN(C#N)CC1. The van der Waals surface area contributed by atoms with Crippen molar-refractivity contribution in [3.05, 3.63) is 65.6 Å². The minimum atomic E-state index is -0.799. The highest BCUT2D eigenvalue weighted by atomic mass is 19.1. The van der Waals surface area contributed by atoms with Crippen molar-refractivity contribution in [3.63, 3.8) is 0 Å². The van der Waals surface area contributed by atoms with Gasteiger partial charge in [0, 0.05) is 30.4 Å². The van der Waals surface area contributed by atoms with Crippen LogP contribution in [0.1, 0.15) is 61.2 Å². The van der Waals surface area contributed by atoms with Crippen LogP contribution in [0.15, 0.2) is 42.9 Å². The summed E-state index contributed by atoms with van der Waals surface area (Å²) in [7, 11) is 0. The van der Waals surface area contributed by atoms with Gasteiger partial charge in [0.1, 0.15) is 22.8 Å². The number of piperidine rings is 1. The van der Waals surface area contributed by atoms with Gasteiger partial charge in [0.2, 0.25) is 0 Å². The second kappa shape index (κ2) is 10.5. The van der Waals surface area contributed by atoms with Crippen molar-refractivity contribution >= 4 is 11.1 Å². The number of fused-ring (bicyclic) bond motifs is 1. The Morgan fingerprint density at radius 3 is 2.79 bits per heavy atom. The average molecular weight is 529 g/mol. The largest absolute Gasteiger partial charge is 0.479 e. The molecule has 0 unspecified atom stereocenters. The summed E-state index contributed by atoms with van der Waals surface area (Å²) < 4.78 is 23.6. The van der Waals surface area contributed by atoms with E-state index in [9.17, 15) is 14.8 Å². The first-order valence-corrected chi connectivity index (χ1v) is 13.2. The van der Waals surface area contributed by atoms with Gasteiger partial charge in [0.25, 0.3) is 0 Å². The standard InChI is InChI=1S/C28H29FN8O2/c1-18-27(33-34-37(18)22-8-10-35(17-30)11-9-22)20-12-25(39-26(16-38)24-7-6-21(29)13-31-24)28-23(14-32-36(28)15-20)19-4-2-3-5-19/h4,6-7,12-15,22,26,38H,2-3,5,8-11,16H2,1H3/t26-/m1/s1. The lowest BCUT2D eigenvalue weighted by atomic mass is 10.0. The Morgan fingerprint density at radius 2 is 2.10 bits per heavy atom. The number of allylic oxidation sites excluding steroid dienone is 2. The third-order valence-electron chi connectivity index (χ3n) is 7.63. The van der Waals surface area contributed by atoms with Gasteiger partial charge in [-0.05, 0) is 62.8 Å². The van der Waals surface area contributed by atoms with Gasteiger partial charge in [-0.3, -0.25) is 4.98 Å². The fourth-order valence-corrected chi connectivity index (χ4v) is 5.54. The zero-order valence-electron chi connectivity index (χ0n) is 21.7. The number of rotatable bonds is 7. The number of pyridine rings is 2. The molecule has 1 fully saturated rings. The number of aliphatic hydroxyl groups excluding tert-OH is 1. The molecule has 0 saturated carbocycles. The lowest BCUT2D eigenvalue weighted by Gasteiger charge is -2.28. The number of likely N-dealkylation sites (tertiary alicyclic amines) is 1. The van der Waals surface area contributed by atoms with Crippen molar-refractivity contribution in [1.82, 2.24) is 34.5 Å². The molecule has 0 aromatic carbocycles. The molecule has 11 heteroatoms. The van der Waals surface area contributed by atoms with Crippen molar-refractivity contribution < 1.29 is 14.2 Å². The molecular formula is C28H29FN8O2. The summed E-state index contributed by atoms with van der Waals surface area (Å²) in [5.41, 5.74) is 5.82. The van der Waals surface area contributed by atoms with E-state index < -0.39 is 11.9 Å². The molecule has 1 atom stereocenters. The summed E-state index contributed by atoms with van der Waals surface area (Å²) in [5, 5.41) is 33.0. The van der Waals surface area contributed by atoms with E-state index in [4.69, 9.17) is 4.74 Å². The maximum Gasteiger partial charge on any atom is 0.179 e. The van der Waals surface area contributed by atoms with E-state index in [1.54, 1.807) is 9.42 Å². The van der Waals surface area contributed by atoms with Gasteiger partial charge in [0.15, 0.2) is 12.3 Å². The lowest BCUT2D eigenvalue weighted by molar-refractivity contribution is 0.114. The Morgan fingerprint density at radius 1 is 1.26 bits per heavy atom. The molecular weight excluding hydrogens is 499 g/mol. The lowest BCUT2D eigenvalue weighted by Crippen LogP contribution is -2.31. The summed E-state index contributed by atoms with van der Waals surface area (Å²) in [6.07, 6.45) is 13.3. The van der Waals surface area contributed by atoms with E-state index in [2.05, 4.69) is 32.7 Å². The summed E-state index contributed by atoms with van der Waals surface area (Å²) in [6.45, 7) is 3.06. The molecule has 200 valence electrons. The molecule has 2 aliphatic rings. The van der Waals surface area contributed by atoms with Crippen LogP contribution in [-0.4, -0.2) is 59.3 Å². The third-order valence-corrected chi connectivity index (χ3v) is 7.63. The van der Waals surface area contributed by atoms with Gasteiger partial charge in [-0.1, -0.05) is 11.3 Å². The van der Waals surface area contributed by atoms with Crippen LogP contribution in [-0.2, 0) is 0 Å². The Labute approximate surface area is 225 Å². The van der Waals surface area contributed by atoms with Crippen LogP contribution in [0, 0.1) is 24.2 Å². The van der Waals surface area contributed by atoms with Crippen LogP contribution in [0.25, 0.3) is 22.3 Å². The van der Waals surface area contributed by atoms with E-state index in [1.165, 1.54) is 17.7 Å². The molecule has 1 saturated heterocycles. The van der Waals surface area contributed by atoms with Crippen molar-refractivity contribution in [3.8, 4) is 23.2 Å². The number of ether oxygens (including phenoxy) is 1. The Balaban J connectivity index is 1.41. The zero-order valence-corrected chi connectivity index (χ0v) is 21.7. The average Bonchev–Trinajstić information content (AvgIpc) is 3.72. The van der Waals surface area contributed by atoms with E-state index in [0.29, 0.717) is 30.2 Å². The zero-order chi connectivity index (χ0) is 26.9. The second-order valence-corrected chi connectivity index (χ2v) is 10.0. The van der Waals surface area contributed by atoms with Crippen molar-refractivity contribution in [2.24, 2.45) is 0 Å². The molecule has 1 N–H and O–H groups in total. The summed E-state index contributed by atoms with van der Waals surface area (Å²) in [6, 6.07) is 4.89. The molecule has 10 nitrogen and oxygen atoms in total. The monoisotopic (exact) mass is 528 g/mol. The molecule has 1 aliphatic heterocycles. The van der Waals surface area contributed by atoms with Crippen LogP contribution in [0.3, 0.4) is 0 Å². The fourth-order valence-electron chi connectivity index (χ4n) is 5.54. The van der Waals surface area contributed by atoms with Crippen molar-refractivity contribution in [2.75, 3.05) is 19.7 Å². The van der Waals surface area contributed by atoms with Crippen LogP contribution in [0.5, 0.6) is 5.75 Å². The number of nitriles is 1. The van der Waals surface area contributed by atoms with Gasteiger partial charge in [-0.15, -0.1) is 5.10 Å². The fraction of sp³-hybridized carbons (Fsp3) is 0.393. The summed E-state index contributed by atoms with van der Waals surface area (Å²) in [5.74, 6) is 0.0668. The van der Waals surface area contributed by atoms with Crippen molar-refractivity contribution in [2.45, 2.75) is 51.2 Å². The van der Waals surface area contributed by atoms with E-state index in [-0.39, 0.29) is 12.6 Å². The Hall–Kier alpha value is -4.30. The normalized spacial score (nSPS) is 16.9. The molecule has 1 aliphatic carbocycles. The molecule has 39 heavy (non-hydrogen) atoms. The molecule has 6 rings (SSSR count). The number of halogens is 1. The van der Waals surface area contributed by atoms with Gasteiger partial charge in [-0.2, -0.15) is 10.4 Å². The van der Waals surface area contributed by atoms with Crippen molar-refractivity contribution in [1.29, 1.82) is 5.26 Å². The highest BCUT2D eigenvalue weighted by molar-refractivity contribution is 5.84. The molecule has 5 heterocycles. The van der Waals surface area contributed by atoms with E-state index in [0.717, 1.165) is 60.6 Å². The van der Waals surface area contributed by atoms with Gasteiger partial charge < -0.3 is 14.7 Å². The molecule has 0 amide bonds. The maximum atomic E-state index is 13.5. The van der Waals surface area contributed by atoms with Gasteiger partial charge >= 0.3 is 0 Å². The number of aromatic nitrogens is 6. The first-order valence-electron chi connectivity index (χ1n) is 13.2. The maximum absolute atomic E-state index is 13.5. The van der Waals surface area contributed by atoms with Crippen LogP contribution in [0.2, 0.25) is 0 Å². The number of hydrogen-bond donors (Lipinski definition) is 1. The van der Waals surface area contributed by atoms with E-state index >= 15 is 0 Å². The molecule has 0 radical (unpaired) electrons. The minimum absolute atomic E-state index is 0.171. The van der Waals surface area contributed by atoms with Gasteiger partial charge in [0.05, 0.1) is 36.4 Å². The Kier molecular flexibility index (Phi) is 6.70. The minimum Gasteiger partial charge on any atom is -0.479 e. The van der Waals surface area contributed by atoms with Crippen LogP contribution >= 0.6 is 0 Å². The van der Waals surface area contributed by atoms with E-state index in [1.807, 2.05) is 30.1 Å². The topological polar surface area (TPSA) is 117 Å². The Bertz CT molecular complexity index is 1560. The smallest absolute Gasteiger partial charge is 0.179 e. The quantitative estimate of drug-likeness (QED) is 0.354. The highest BCUT2D eigenvalue weighted by Crippen LogP contribution is 2.38. The molecule has 4 aromatic rings. The second-order valence-electron chi connectivity index (χ2n) is 10.0. The van der Waals surface area contributed by atoms with Crippen LogP contribution < -0.4 is 4.74 Å². The number of aliphatic hydroxyl groups is 1. The highest BCUT2D eigenvalue weighted by Gasteiger charge is 2.26. The first kappa shape index (κ1) is 25.0.